The molecule has 1 aliphatic rings. The zero-order chi connectivity index (χ0) is 21.1. The normalized spacial score (nSPS) is 14.7. The molecule has 0 saturated heterocycles. The first-order valence-corrected chi connectivity index (χ1v) is 11.0. The van der Waals surface area contributed by atoms with Crippen LogP contribution in [0.2, 0.25) is 5.02 Å². The third-order valence-corrected chi connectivity index (χ3v) is 6.04. The molecule has 0 fully saturated rings. The van der Waals surface area contributed by atoms with E-state index in [9.17, 15) is 8.42 Å². The van der Waals surface area contributed by atoms with Crippen molar-refractivity contribution in [3.63, 3.8) is 0 Å². The summed E-state index contributed by atoms with van der Waals surface area (Å²) in [7, 11) is -4.03. The van der Waals surface area contributed by atoms with Gasteiger partial charge in [-0.25, -0.2) is 0 Å². The second kappa shape index (κ2) is 8.38. The smallest absolute Gasteiger partial charge is 0.358 e. The zero-order valence-electron chi connectivity index (χ0n) is 16.0. The summed E-state index contributed by atoms with van der Waals surface area (Å²) in [6.07, 6.45) is 0.403. The molecule has 0 aromatic heterocycles. The maximum absolute atomic E-state index is 12.5. The predicted octanol–water partition coefficient (Wildman–Crippen LogP) is 5.33. The van der Waals surface area contributed by atoms with Gasteiger partial charge in [-0.15, -0.1) is 0 Å². The molecule has 4 rings (SSSR count). The number of aryl methyl sites for hydroxylation is 1. The fourth-order valence-electron chi connectivity index (χ4n) is 3.05. The Kier molecular flexibility index (Phi) is 5.65. The van der Waals surface area contributed by atoms with Gasteiger partial charge < -0.3 is 9.47 Å². The van der Waals surface area contributed by atoms with Crippen LogP contribution in [-0.2, 0) is 14.4 Å². The summed E-state index contributed by atoms with van der Waals surface area (Å²) in [5.74, 6) is 1.57. The van der Waals surface area contributed by atoms with Gasteiger partial charge in [-0.3, -0.25) is 4.28 Å². The molecule has 6 nitrogen and oxygen atoms in total. The van der Waals surface area contributed by atoms with Crippen LogP contribution >= 0.6 is 11.6 Å². The van der Waals surface area contributed by atoms with Crippen LogP contribution in [0.4, 0.5) is 0 Å². The second-order valence-electron chi connectivity index (χ2n) is 6.62. The Hall–Kier alpha value is -3.03. The number of halogens is 1. The maximum atomic E-state index is 12.5. The largest absolute Gasteiger partial charge is 0.489 e. The van der Waals surface area contributed by atoms with Crippen LogP contribution in [0.3, 0.4) is 0 Å². The summed E-state index contributed by atoms with van der Waals surface area (Å²) in [5, 5.41) is 4.56. The van der Waals surface area contributed by atoms with Crippen molar-refractivity contribution >= 4 is 27.4 Å². The Morgan fingerprint density at radius 1 is 1.00 bits per heavy atom. The molecule has 1 aliphatic heterocycles. The van der Waals surface area contributed by atoms with Crippen molar-refractivity contribution in [2.45, 2.75) is 18.2 Å². The lowest BCUT2D eigenvalue weighted by atomic mass is 10.0. The molecule has 0 unspecified atom stereocenters. The molecule has 154 valence electrons. The quantitative estimate of drug-likeness (QED) is 0.498. The van der Waals surface area contributed by atoms with Crippen molar-refractivity contribution < 1.29 is 22.2 Å². The fraction of sp³-hybridized carbons (Fsp3) is 0.136. The minimum Gasteiger partial charge on any atom is -0.489 e. The molecule has 1 heterocycles. The average Bonchev–Trinajstić information content (AvgIpc) is 2.74. The van der Waals surface area contributed by atoms with Crippen LogP contribution in [0, 0.1) is 6.92 Å². The van der Waals surface area contributed by atoms with Gasteiger partial charge in [0.15, 0.2) is 11.5 Å². The van der Waals surface area contributed by atoms with E-state index in [-0.39, 0.29) is 4.90 Å². The van der Waals surface area contributed by atoms with Gasteiger partial charge in [0.1, 0.15) is 10.6 Å². The monoisotopic (exact) mass is 443 g/mol. The molecule has 8 heteroatoms. The molecular formula is C22H18ClNO5S. The molecule has 0 amide bonds. The van der Waals surface area contributed by atoms with E-state index in [1.165, 1.54) is 6.07 Å². The van der Waals surface area contributed by atoms with Crippen LogP contribution in [-0.4, -0.2) is 20.7 Å². The van der Waals surface area contributed by atoms with E-state index in [1.807, 2.05) is 0 Å². The molecule has 0 saturated carbocycles. The number of fused-ring (bicyclic) bond motifs is 1. The van der Waals surface area contributed by atoms with Gasteiger partial charge in [0.25, 0.3) is 0 Å². The van der Waals surface area contributed by atoms with Crippen molar-refractivity contribution in [3.8, 4) is 17.2 Å². The number of ether oxygens (including phenoxy) is 2. The highest BCUT2D eigenvalue weighted by Gasteiger charge is 2.24. The molecule has 0 bridgehead atoms. The highest BCUT2D eigenvalue weighted by atomic mass is 35.5. The lowest BCUT2D eigenvalue weighted by molar-refractivity contribution is 0.296. The Labute approximate surface area is 179 Å². The highest BCUT2D eigenvalue weighted by Crippen LogP contribution is 2.38. The van der Waals surface area contributed by atoms with E-state index in [0.29, 0.717) is 52.1 Å². The molecule has 0 radical (unpaired) electrons. The zero-order valence-corrected chi connectivity index (χ0v) is 17.6. The number of para-hydroxylation sites is 1. The maximum Gasteiger partial charge on any atom is 0.358 e. The van der Waals surface area contributed by atoms with E-state index >= 15 is 0 Å². The highest BCUT2D eigenvalue weighted by molar-refractivity contribution is 7.86. The summed E-state index contributed by atoms with van der Waals surface area (Å²) in [6, 6.07) is 18.9. The van der Waals surface area contributed by atoms with Crippen molar-refractivity contribution in [2.75, 3.05) is 6.61 Å². The Bertz CT molecular complexity index is 1210. The summed E-state index contributed by atoms with van der Waals surface area (Å²) in [5.41, 5.74) is 1.67. The summed E-state index contributed by atoms with van der Waals surface area (Å²) < 4.78 is 41.8. The summed E-state index contributed by atoms with van der Waals surface area (Å²) >= 11 is 5.92. The first kappa shape index (κ1) is 20.3. The predicted molar refractivity (Wildman–Crippen MR) is 114 cm³/mol. The van der Waals surface area contributed by atoms with E-state index < -0.39 is 10.1 Å². The van der Waals surface area contributed by atoms with E-state index in [2.05, 4.69) is 5.16 Å². The van der Waals surface area contributed by atoms with Gasteiger partial charge in [-0.1, -0.05) is 41.0 Å². The fourth-order valence-corrected chi connectivity index (χ4v) is 4.15. The molecule has 0 spiro atoms. The molecule has 30 heavy (non-hydrogen) atoms. The van der Waals surface area contributed by atoms with Crippen molar-refractivity contribution in [3.05, 3.63) is 82.9 Å². The Balaban J connectivity index is 1.62. The van der Waals surface area contributed by atoms with Crippen LogP contribution in [0.1, 0.15) is 17.5 Å². The lowest BCUT2D eigenvalue weighted by Gasteiger charge is -2.21. The number of rotatable bonds is 5. The number of hydrogen-bond acceptors (Lipinski definition) is 6. The molecular weight excluding hydrogens is 426 g/mol. The third kappa shape index (κ3) is 4.27. The lowest BCUT2D eigenvalue weighted by Crippen LogP contribution is -2.18. The van der Waals surface area contributed by atoms with E-state index in [0.717, 1.165) is 0 Å². The first-order valence-electron chi connectivity index (χ1n) is 9.20. The Morgan fingerprint density at radius 2 is 1.77 bits per heavy atom. The molecule has 0 aliphatic carbocycles. The van der Waals surface area contributed by atoms with E-state index in [1.54, 1.807) is 67.6 Å². The van der Waals surface area contributed by atoms with Gasteiger partial charge in [0, 0.05) is 17.0 Å². The minimum absolute atomic E-state index is 0.0847. The first-order chi connectivity index (χ1) is 14.4. The summed E-state index contributed by atoms with van der Waals surface area (Å²) in [6.45, 7) is 2.02. The van der Waals surface area contributed by atoms with Gasteiger partial charge in [0.05, 0.1) is 12.3 Å². The van der Waals surface area contributed by atoms with Crippen LogP contribution in [0.15, 0.2) is 76.8 Å². The van der Waals surface area contributed by atoms with Crippen LogP contribution in [0.25, 0.3) is 0 Å². The molecule has 0 N–H and O–H groups in total. The minimum atomic E-state index is -4.03. The van der Waals surface area contributed by atoms with E-state index in [4.69, 9.17) is 25.4 Å². The van der Waals surface area contributed by atoms with Gasteiger partial charge in [-0.2, -0.15) is 8.42 Å². The van der Waals surface area contributed by atoms with Gasteiger partial charge >= 0.3 is 10.1 Å². The molecule has 0 atom stereocenters. The molecule has 3 aromatic rings. The topological polar surface area (TPSA) is 74.2 Å². The third-order valence-electron chi connectivity index (χ3n) is 4.53. The van der Waals surface area contributed by atoms with Crippen molar-refractivity contribution in [1.82, 2.24) is 0 Å². The average molecular weight is 444 g/mol. The molecule has 3 aromatic carbocycles. The number of benzene rings is 3. The van der Waals surface area contributed by atoms with Crippen molar-refractivity contribution in [2.24, 2.45) is 5.16 Å². The van der Waals surface area contributed by atoms with Crippen LogP contribution < -0.4 is 9.47 Å². The number of oxime groups is 1. The van der Waals surface area contributed by atoms with Gasteiger partial charge in [0.2, 0.25) is 0 Å². The van der Waals surface area contributed by atoms with Crippen molar-refractivity contribution in [1.29, 1.82) is 0 Å². The second-order valence-corrected chi connectivity index (χ2v) is 8.55. The Morgan fingerprint density at radius 3 is 2.53 bits per heavy atom. The SMILES string of the molecule is Cc1ccccc1S(=O)(=O)ON=C1CCOc2c(Oc3ccc(Cl)cc3)cccc21. The summed E-state index contributed by atoms with van der Waals surface area (Å²) in [4.78, 5) is 0.0847. The number of hydrogen-bond donors (Lipinski definition) is 0. The van der Waals surface area contributed by atoms with Gasteiger partial charge in [-0.05, 0) is 55.0 Å². The number of nitrogens with zero attached hydrogens (tertiary/aromatic N) is 1. The standard InChI is InChI=1S/C22H18ClNO5S/c1-15-5-2-3-8-21(15)30(25,26)29-24-19-13-14-27-22-18(19)6-4-7-20(22)28-17-11-9-16(23)10-12-17/h2-12H,13-14H2,1H3. The van der Waals surface area contributed by atoms with Crippen LogP contribution in [0.5, 0.6) is 17.2 Å².